The first-order valence-electron chi connectivity index (χ1n) is 9.15. The summed E-state index contributed by atoms with van der Waals surface area (Å²) in [7, 11) is 0. The predicted octanol–water partition coefficient (Wildman–Crippen LogP) is 3.83. The molecule has 2 aromatic rings. The third-order valence-electron chi connectivity index (χ3n) is 4.67. The highest BCUT2D eigenvalue weighted by molar-refractivity contribution is 6.31. The highest BCUT2D eigenvalue weighted by atomic mass is 35.5. The van der Waals surface area contributed by atoms with Gasteiger partial charge in [0.05, 0.1) is 19.2 Å². The molecule has 1 saturated heterocycles. The highest BCUT2D eigenvalue weighted by Gasteiger charge is 2.31. The summed E-state index contributed by atoms with van der Waals surface area (Å²) in [6, 6.07) is 14.4. The molecule has 1 aliphatic heterocycles. The van der Waals surface area contributed by atoms with Gasteiger partial charge in [-0.3, -0.25) is 9.59 Å². The average molecular weight is 387 g/mol. The molecule has 1 aliphatic rings. The van der Waals surface area contributed by atoms with E-state index in [9.17, 15) is 9.59 Å². The van der Waals surface area contributed by atoms with Crippen molar-refractivity contribution in [1.29, 1.82) is 0 Å². The third kappa shape index (κ3) is 4.61. The van der Waals surface area contributed by atoms with Crippen LogP contribution in [-0.4, -0.2) is 36.4 Å². The first kappa shape index (κ1) is 19.2. The molecule has 0 aromatic heterocycles. The molecule has 27 heavy (non-hydrogen) atoms. The van der Waals surface area contributed by atoms with Crippen molar-refractivity contribution in [1.82, 2.24) is 10.2 Å². The molecule has 1 fully saturated rings. The van der Waals surface area contributed by atoms with Gasteiger partial charge in [0.2, 0.25) is 5.91 Å². The summed E-state index contributed by atoms with van der Waals surface area (Å²) in [5.41, 5.74) is 1.46. The molecular weight excluding hydrogens is 364 g/mol. The van der Waals surface area contributed by atoms with E-state index in [1.807, 2.05) is 31.2 Å². The number of carbonyl (C=O) groups excluding carboxylic acids is 2. The fourth-order valence-electron chi connectivity index (χ4n) is 3.36. The van der Waals surface area contributed by atoms with E-state index in [2.05, 4.69) is 5.32 Å². The Morgan fingerprint density at radius 2 is 1.93 bits per heavy atom. The van der Waals surface area contributed by atoms with Gasteiger partial charge in [0.1, 0.15) is 5.75 Å². The van der Waals surface area contributed by atoms with Crippen LogP contribution in [0.2, 0.25) is 5.02 Å². The second-order valence-corrected chi connectivity index (χ2v) is 6.81. The van der Waals surface area contributed by atoms with Gasteiger partial charge in [-0.15, -0.1) is 0 Å². The maximum Gasteiger partial charge on any atom is 0.251 e. The van der Waals surface area contributed by atoms with Gasteiger partial charge >= 0.3 is 0 Å². The van der Waals surface area contributed by atoms with Crippen LogP contribution < -0.4 is 10.1 Å². The number of hydrogen-bond acceptors (Lipinski definition) is 3. The van der Waals surface area contributed by atoms with Crippen LogP contribution in [0.25, 0.3) is 0 Å². The van der Waals surface area contributed by atoms with Gasteiger partial charge in [-0.1, -0.05) is 29.8 Å². The third-order valence-corrected chi connectivity index (χ3v) is 5.01. The fourth-order valence-corrected chi connectivity index (χ4v) is 3.62. The highest BCUT2D eigenvalue weighted by Crippen LogP contribution is 2.35. The van der Waals surface area contributed by atoms with E-state index in [0.29, 0.717) is 29.5 Å². The Balaban J connectivity index is 1.59. The minimum Gasteiger partial charge on any atom is -0.494 e. The Kier molecular flexibility index (Phi) is 6.35. The van der Waals surface area contributed by atoms with E-state index in [4.69, 9.17) is 16.3 Å². The maximum atomic E-state index is 12.7. The minimum absolute atomic E-state index is 0.0337. The summed E-state index contributed by atoms with van der Waals surface area (Å²) in [5.74, 6) is 0.335. The molecule has 0 saturated carbocycles. The van der Waals surface area contributed by atoms with Crippen LogP contribution in [0.15, 0.2) is 48.5 Å². The number of hydrogen-bond donors (Lipinski definition) is 1. The molecule has 2 amide bonds. The molecule has 5 nitrogen and oxygen atoms in total. The van der Waals surface area contributed by atoms with Gasteiger partial charge < -0.3 is 15.0 Å². The van der Waals surface area contributed by atoms with Crippen molar-refractivity contribution < 1.29 is 14.3 Å². The zero-order valence-electron chi connectivity index (χ0n) is 15.3. The number of ether oxygens (including phenoxy) is 1. The largest absolute Gasteiger partial charge is 0.494 e. The van der Waals surface area contributed by atoms with Crippen LogP contribution in [0.5, 0.6) is 5.75 Å². The smallest absolute Gasteiger partial charge is 0.251 e. The second kappa shape index (κ2) is 8.91. The SMILES string of the molecule is CCOc1ccc(C(=O)NCC(=O)N2CCCC2c2ccccc2Cl)cc1. The van der Waals surface area contributed by atoms with Gasteiger partial charge in [0.15, 0.2) is 0 Å². The Hall–Kier alpha value is -2.53. The number of nitrogens with one attached hydrogen (secondary N) is 1. The average Bonchev–Trinajstić information content (AvgIpc) is 3.17. The second-order valence-electron chi connectivity index (χ2n) is 6.41. The van der Waals surface area contributed by atoms with E-state index in [1.54, 1.807) is 29.2 Å². The molecule has 1 heterocycles. The summed E-state index contributed by atoms with van der Waals surface area (Å²) >= 11 is 6.30. The number of nitrogens with zero attached hydrogens (tertiary/aromatic N) is 1. The van der Waals surface area contributed by atoms with Crippen molar-refractivity contribution in [3.05, 3.63) is 64.7 Å². The quantitative estimate of drug-likeness (QED) is 0.820. The first-order chi connectivity index (χ1) is 13.1. The molecule has 142 valence electrons. The van der Waals surface area contributed by atoms with E-state index >= 15 is 0 Å². The van der Waals surface area contributed by atoms with Crippen molar-refractivity contribution in [3.8, 4) is 5.75 Å². The standard InChI is InChI=1S/C21H23ClN2O3/c1-2-27-16-11-9-15(10-12-16)21(26)23-14-20(25)24-13-5-8-19(24)17-6-3-4-7-18(17)22/h3-4,6-7,9-12,19H,2,5,8,13-14H2,1H3,(H,23,26). The lowest BCUT2D eigenvalue weighted by molar-refractivity contribution is -0.131. The number of rotatable bonds is 6. The summed E-state index contributed by atoms with van der Waals surface area (Å²) in [6.45, 7) is 3.11. The molecule has 6 heteroatoms. The predicted molar refractivity (Wildman–Crippen MR) is 105 cm³/mol. The summed E-state index contributed by atoms with van der Waals surface area (Å²) in [6.07, 6.45) is 1.80. The number of halogens is 1. The molecule has 0 spiro atoms. The van der Waals surface area contributed by atoms with Gasteiger partial charge in [0, 0.05) is 17.1 Å². The number of likely N-dealkylation sites (tertiary alicyclic amines) is 1. The zero-order valence-corrected chi connectivity index (χ0v) is 16.0. The van der Waals surface area contributed by atoms with Crippen LogP contribution in [0, 0.1) is 0 Å². The van der Waals surface area contributed by atoms with Crippen LogP contribution >= 0.6 is 11.6 Å². The molecule has 2 aromatic carbocycles. The van der Waals surface area contributed by atoms with Crippen LogP contribution in [0.3, 0.4) is 0 Å². The monoisotopic (exact) mass is 386 g/mol. The maximum absolute atomic E-state index is 12.7. The number of amides is 2. The Bertz CT molecular complexity index is 807. The molecular formula is C21H23ClN2O3. The molecule has 0 radical (unpaired) electrons. The number of carbonyl (C=O) groups is 2. The van der Waals surface area contributed by atoms with Crippen molar-refractivity contribution in [3.63, 3.8) is 0 Å². The molecule has 3 rings (SSSR count). The van der Waals surface area contributed by atoms with Crippen molar-refractivity contribution >= 4 is 23.4 Å². The van der Waals surface area contributed by atoms with E-state index in [-0.39, 0.29) is 24.4 Å². The lowest BCUT2D eigenvalue weighted by atomic mass is 10.0. The van der Waals surface area contributed by atoms with Gasteiger partial charge in [-0.25, -0.2) is 0 Å². The lowest BCUT2D eigenvalue weighted by Gasteiger charge is -2.26. The van der Waals surface area contributed by atoms with E-state index < -0.39 is 0 Å². The van der Waals surface area contributed by atoms with Gasteiger partial charge in [-0.2, -0.15) is 0 Å². The normalized spacial score (nSPS) is 16.2. The molecule has 1 unspecified atom stereocenters. The summed E-state index contributed by atoms with van der Waals surface area (Å²) in [4.78, 5) is 26.8. The zero-order chi connectivity index (χ0) is 19.2. The van der Waals surface area contributed by atoms with Crippen LogP contribution in [-0.2, 0) is 4.79 Å². The topological polar surface area (TPSA) is 58.6 Å². The summed E-state index contributed by atoms with van der Waals surface area (Å²) < 4.78 is 5.37. The molecule has 1 N–H and O–H groups in total. The van der Waals surface area contributed by atoms with Crippen LogP contribution in [0.4, 0.5) is 0 Å². The Morgan fingerprint density at radius 3 is 2.63 bits per heavy atom. The van der Waals surface area contributed by atoms with E-state index in [1.165, 1.54) is 0 Å². The van der Waals surface area contributed by atoms with Crippen molar-refractivity contribution in [2.24, 2.45) is 0 Å². The Morgan fingerprint density at radius 1 is 1.19 bits per heavy atom. The summed E-state index contributed by atoms with van der Waals surface area (Å²) in [5, 5.41) is 3.38. The van der Waals surface area contributed by atoms with Gasteiger partial charge in [0.25, 0.3) is 5.91 Å². The van der Waals surface area contributed by atoms with Crippen LogP contribution in [0.1, 0.15) is 41.7 Å². The molecule has 1 atom stereocenters. The Labute approximate surface area is 164 Å². The fraction of sp³-hybridized carbons (Fsp3) is 0.333. The molecule has 0 aliphatic carbocycles. The van der Waals surface area contributed by atoms with Gasteiger partial charge in [-0.05, 0) is 55.7 Å². The minimum atomic E-state index is -0.278. The van der Waals surface area contributed by atoms with Crippen molar-refractivity contribution in [2.75, 3.05) is 19.7 Å². The lowest BCUT2D eigenvalue weighted by Crippen LogP contribution is -2.39. The van der Waals surface area contributed by atoms with E-state index in [0.717, 1.165) is 18.4 Å². The molecule has 0 bridgehead atoms. The van der Waals surface area contributed by atoms with Crippen molar-refractivity contribution in [2.45, 2.75) is 25.8 Å². The first-order valence-corrected chi connectivity index (χ1v) is 9.53. The number of benzene rings is 2.